The fourth-order valence-electron chi connectivity index (χ4n) is 2.77. The zero-order valence-corrected chi connectivity index (χ0v) is 12.9. The Morgan fingerprint density at radius 1 is 1.08 bits per heavy atom. The number of pyridine rings is 1. The largest absolute Gasteiger partial charge is 0.488 e. The van der Waals surface area contributed by atoms with Crippen molar-refractivity contribution in [3.63, 3.8) is 0 Å². The third-order valence-corrected chi connectivity index (χ3v) is 3.92. The Kier molecular flexibility index (Phi) is 3.66. The van der Waals surface area contributed by atoms with E-state index in [4.69, 9.17) is 4.74 Å². The highest BCUT2D eigenvalue weighted by Gasteiger charge is 2.38. The van der Waals surface area contributed by atoms with Crippen LogP contribution in [0.2, 0.25) is 0 Å². The summed E-state index contributed by atoms with van der Waals surface area (Å²) in [6, 6.07) is 6.64. The molecule has 25 heavy (non-hydrogen) atoms. The van der Waals surface area contributed by atoms with Crippen molar-refractivity contribution in [2.45, 2.75) is 18.7 Å². The summed E-state index contributed by atoms with van der Waals surface area (Å²) in [4.78, 5) is 5.81. The van der Waals surface area contributed by atoms with Gasteiger partial charge in [0.15, 0.2) is 5.65 Å². The molecule has 1 saturated heterocycles. The van der Waals surface area contributed by atoms with Gasteiger partial charge in [0.1, 0.15) is 17.7 Å². The molecule has 4 rings (SSSR count). The van der Waals surface area contributed by atoms with E-state index in [1.807, 2.05) is 4.90 Å². The van der Waals surface area contributed by atoms with E-state index < -0.39 is 12.0 Å². The lowest BCUT2D eigenvalue weighted by Gasteiger charge is -2.18. The zero-order chi connectivity index (χ0) is 17.4. The molecule has 130 valence electrons. The minimum absolute atomic E-state index is 0.0554. The summed E-state index contributed by atoms with van der Waals surface area (Å²) >= 11 is 0. The van der Waals surface area contributed by atoms with Gasteiger partial charge in [0.05, 0.1) is 6.54 Å². The normalized spacial score (nSPS) is 18.0. The van der Waals surface area contributed by atoms with Crippen molar-refractivity contribution in [1.29, 1.82) is 0 Å². The SMILES string of the molecule is FC(F)(F)c1nnc2ccc(N3CC[C@@H](Oc4ccncc4)C3)nn12. The number of alkyl halides is 3. The van der Waals surface area contributed by atoms with E-state index in [2.05, 4.69) is 20.3 Å². The molecule has 0 amide bonds. The highest BCUT2D eigenvalue weighted by Crippen LogP contribution is 2.28. The van der Waals surface area contributed by atoms with Gasteiger partial charge >= 0.3 is 6.18 Å². The number of halogens is 3. The van der Waals surface area contributed by atoms with E-state index in [0.717, 1.165) is 10.9 Å². The van der Waals surface area contributed by atoms with E-state index in [9.17, 15) is 13.2 Å². The third kappa shape index (κ3) is 3.06. The van der Waals surface area contributed by atoms with Crippen molar-refractivity contribution in [2.75, 3.05) is 18.0 Å². The first-order valence-electron chi connectivity index (χ1n) is 7.62. The van der Waals surface area contributed by atoms with Crippen molar-refractivity contribution in [2.24, 2.45) is 0 Å². The van der Waals surface area contributed by atoms with Gasteiger partial charge in [-0.3, -0.25) is 4.98 Å². The van der Waals surface area contributed by atoms with Crippen molar-refractivity contribution in [3.8, 4) is 5.75 Å². The minimum Gasteiger partial charge on any atom is -0.488 e. The number of ether oxygens (including phenoxy) is 1. The highest BCUT2D eigenvalue weighted by molar-refractivity contribution is 5.46. The van der Waals surface area contributed by atoms with Crippen LogP contribution in [0.15, 0.2) is 36.7 Å². The molecule has 10 heteroatoms. The van der Waals surface area contributed by atoms with Gasteiger partial charge in [-0.25, -0.2) is 0 Å². The monoisotopic (exact) mass is 350 g/mol. The molecule has 0 saturated carbocycles. The summed E-state index contributed by atoms with van der Waals surface area (Å²) in [7, 11) is 0. The second-order valence-corrected chi connectivity index (χ2v) is 5.64. The number of hydrogen-bond acceptors (Lipinski definition) is 6. The maximum atomic E-state index is 13.0. The van der Waals surface area contributed by atoms with E-state index in [0.29, 0.717) is 24.7 Å². The molecule has 0 N–H and O–H groups in total. The molecule has 3 aromatic heterocycles. The van der Waals surface area contributed by atoms with Crippen molar-refractivity contribution >= 4 is 11.5 Å². The molecule has 0 radical (unpaired) electrons. The van der Waals surface area contributed by atoms with E-state index in [-0.39, 0.29) is 11.8 Å². The minimum atomic E-state index is -4.61. The second-order valence-electron chi connectivity index (χ2n) is 5.64. The Hall–Kier alpha value is -2.91. The molecule has 0 spiro atoms. The molecule has 1 aliphatic heterocycles. The Balaban J connectivity index is 1.54. The third-order valence-electron chi connectivity index (χ3n) is 3.92. The van der Waals surface area contributed by atoms with Gasteiger partial charge in [-0.2, -0.15) is 17.7 Å². The first kappa shape index (κ1) is 15.6. The lowest BCUT2D eigenvalue weighted by Crippen LogP contribution is -2.26. The Morgan fingerprint density at radius 3 is 2.64 bits per heavy atom. The van der Waals surface area contributed by atoms with Crippen LogP contribution in [0.5, 0.6) is 5.75 Å². The van der Waals surface area contributed by atoms with Crippen molar-refractivity contribution < 1.29 is 17.9 Å². The standard InChI is InChI=1S/C15H13F3N6O/c16-15(17,18)14-21-20-12-1-2-13(22-24(12)14)23-8-5-11(9-23)25-10-3-6-19-7-4-10/h1-4,6-7,11H,5,8-9H2/t11-/m1/s1. The van der Waals surface area contributed by atoms with Crippen LogP contribution < -0.4 is 9.64 Å². The fraction of sp³-hybridized carbons (Fsp3) is 0.333. The average Bonchev–Trinajstić information content (AvgIpc) is 3.21. The molecular formula is C15H13F3N6O. The van der Waals surface area contributed by atoms with E-state index >= 15 is 0 Å². The van der Waals surface area contributed by atoms with Crippen LogP contribution in [0.4, 0.5) is 19.0 Å². The van der Waals surface area contributed by atoms with Crippen LogP contribution in [0.25, 0.3) is 5.65 Å². The number of aromatic nitrogens is 5. The Labute approximate surface area is 140 Å². The first-order valence-corrected chi connectivity index (χ1v) is 7.62. The van der Waals surface area contributed by atoms with Gasteiger partial charge in [-0.05, 0) is 24.3 Å². The maximum absolute atomic E-state index is 13.0. The van der Waals surface area contributed by atoms with Crippen molar-refractivity contribution in [3.05, 3.63) is 42.5 Å². The van der Waals surface area contributed by atoms with Gasteiger partial charge in [-0.1, -0.05) is 0 Å². The van der Waals surface area contributed by atoms with Crippen LogP contribution in [0, 0.1) is 0 Å². The first-order chi connectivity index (χ1) is 12.0. The van der Waals surface area contributed by atoms with Gasteiger partial charge in [0, 0.05) is 25.4 Å². The van der Waals surface area contributed by atoms with Crippen LogP contribution in [0.1, 0.15) is 12.2 Å². The average molecular weight is 350 g/mol. The molecule has 0 aromatic carbocycles. The molecule has 3 aromatic rings. The molecule has 4 heterocycles. The molecule has 1 atom stereocenters. The summed E-state index contributed by atoms with van der Waals surface area (Å²) in [5.41, 5.74) is 0.0554. The quantitative estimate of drug-likeness (QED) is 0.721. The topological polar surface area (TPSA) is 68.4 Å². The lowest BCUT2D eigenvalue weighted by atomic mass is 10.3. The lowest BCUT2D eigenvalue weighted by molar-refractivity contribution is -0.146. The zero-order valence-electron chi connectivity index (χ0n) is 12.9. The molecule has 1 aliphatic rings. The van der Waals surface area contributed by atoms with Crippen LogP contribution in [0.3, 0.4) is 0 Å². The van der Waals surface area contributed by atoms with Gasteiger partial charge < -0.3 is 9.64 Å². The van der Waals surface area contributed by atoms with Crippen molar-refractivity contribution in [1.82, 2.24) is 24.8 Å². The van der Waals surface area contributed by atoms with E-state index in [1.54, 1.807) is 30.6 Å². The smallest absolute Gasteiger partial charge is 0.453 e. The molecule has 1 fully saturated rings. The summed E-state index contributed by atoms with van der Waals surface area (Å²) in [5.74, 6) is 0.00943. The number of anilines is 1. The summed E-state index contributed by atoms with van der Waals surface area (Å²) < 4.78 is 45.5. The Morgan fingerprint density at radius 2 is 1.88 bits per heavy atom. The van der Waals surface area contributed by atoms with Gasteiger partial charge in [0.2, 0.25) is 0 Å². The second kappa shape index (κ2) is 5.87. The maximum Gasteiger partial charge on any atom is 0.453 e. The molecule has 0 aliphatic carbocycles. The van der Waals surface area contributed by atoms with Crippen LogP contribution in [-0.2, 0) is 6.18 Å². The van der Waals surface area contributed by atoms with Gasteiger partial charge in [0.25, 0.3) is 5.82 Å². The molecule has 7 nitrogen and oxygen atoms in total. The Bertz CT molecular complexity index is 882. The number of fused-ring (bicyclic) bond motifs is 1. The molecule has 0 unspecified atom stereocenters. The number of hydrogen-bond donors (Lipinski definition) is 0. The fourth-order valence-corrected chi connectivity index (χ4v) is 2.77. The number of nitrogens with zero attached hydrogens (tertiary/aromatic N) is 6. The molecule has 0 bridgehead atoms. The van der Waals surface area contributed by atoms with E-state index in [1.165, 1.54) is 6.07 Å². The number of rotatable bonds is 3. The highest BCUT2D eigenvalue weighted by atomic mass is 19.4. The molecular weight excluding hydrogens is 337 g/mol. The predicted octanol–water partition coefficient (Wildman–Crippen LogP) is 2.20. The summed E-state index contributed by atoms with van der Waals surface area (Å²) in [6.07, 6.45) is -0.646. The van der Waals surface area contributed by atoms with Gasteiger partial charge in [-0.15, -0.1) is 15.3 Å². The summed E-state index contributed by atoms with van der Waals surface area (Å²) in [5, 5.41) is 10.7. The predicted molar refractivity (Wildman–Crippen MR) is 81.3 cm³/mol. The summed E-state index contributed by atoms with van der Waals surface area (Å²) in [6.45, 7) is 1.17. The van der Waals surface area contributed by atoms with Crippen LogP contribution >= 0.6 is 0 Å². The van der Waals surface area contributed by atoms with Crippen LogP contribution in [-0.4, -0.2) is 44.0 Å².